The van der Waals surface area contributed by atoms with E-state index in [2.05, 4.69) is 10.2 Å². The molecule has 1 rings (SSSR count). The van der Waals surface area contributed by atoms with Crippen LogP contribution in [0, 0.1) is 3.70 Å². The Morgan fingerprint density at radius 3 is 2.25 bits per heavy atom. The van der Waals surface area contributed by atoms with Crippen LogP contribution in [0.4, 0.5) is 0 Å². The fourth-order valence-corrected chi connectivity index (χ4v) is 0.795. The number of hydrogen-bond acceptors (Lipinski definition) is 1. The van der Waals surface area contributed by atoms with Gasteiger partial charge in [0, 0.05) is 0 Å². The number of hydrogen-bond donors (Lipinski definition) is 2. The summed E-state index contributed by atoms with van der Waals surface area (Å²) < 4.78 is 0.647. The van der Waals surface area contributed by atoms with Crippen LogP contribution in [0.1, 0.15) is 0 Å². The van der Waals surface area contributed by atoms with Crippen LogP contribution < -0.4 is 5.56 Å². The van der Waals surface area contributed by atoms with E-state index in [1.54, 1.807) is 0 Å². The number of aromatic amines is 2. The van der Waals surface area contributed by atoms with Crippen LogP contribution in [-0.2, 0) is 0 Å². The van der Waals surface area contributed by atoms with Crippen molar-refractivity contribution in [3.05, 3.63) is 19.1 Å². The number of rotatable bonds is 0. The van der Waals surface area contributed by atoms with E-state index < -0.39 is 0 Å². The molecule has 0 spiro atoms. The first kappa shape index (κ1) is 6.15. The molecule has 0 saturated carbocycles. The van der Waals surface area contributed by atoms with Crippen LogP contribution in [-0.4, -0.2) is 10.2 Å². The highest BCUT2D eigenvalue weighted by Gasteiger charge is 2.00. The van der Waals surface area contributed by atoms with Crippen molar-refractivity contribution in [1.82, 2.24) is 10.2 Å². The van der Waals surface area contributed by atoms with Gasteiger partial charge in [0.15, 0.2) is 0 Å². The van der Waals surface area contributed by atoms with Gasteiger partial charge in [-0.2, -0.15) is 0 Å². The smallest absolute Gasteiger partial charge is 0.283 e. The summed E-state index contributed by atoms with van der Waals surface area (Å²) in [6, 6.07) is 0. The highest BCUT2D eigenvalue weighted by atomic mass is 127. The van der Waals surface area contributed by atoms with Gasteiger partial charge in [-0.3, -0.25) is 15.0 Å². The molecular formula is C3H2ClIN2O. The second-order valence-corrected chi connectivity index (χ2v) is 2.66. The Labute approximate surface area is 63.6 Å². The van der Waals surface area contributed by atoms with E-state index in [1.807, 2.05) is 22.6 Å². The minimum atomic E-state index is -0.268. The SMILES string of the molecule is O=c1[nH][nH]c(I)c1Cl. The first-order valence-corrected chi connectivity index (χ1v) is 3.29. The van der Waals surface area contributed by atoms with Gasteiger partial charge in [0.1, 0.15) is 8.72 Å². The van der Waals surface area contributed by atoms with Crippen molar-refractivity contribution in [3.8, 4) is 0 Å². The quantitative estimate of drug-likeness (QED) is 0.656. The third kappa shape index (κ3) is 0.899. The van der Waals surface area contributed by atoms with E-state index in [1.165, 1.54) is 0 Å². The number of nitrogens with one attached hydrogen (secondary N) is 2. The van der Waals surface area contributed by atoms with Crippen molar-refractivity contribution < 1.29 is 0 Å². The monoisotopic (exact) mass is 244 g/mol. The number of H-pyrrole nitrogens is 2. The summed E-state index contributed by atoms with van der Waals surface area (Å²) in [4.78, 5) is 10.4. The normalized spacial score (nSPS) is 9.75. The van der Waals surface area contributed by atoms with E-state index >= 15 is 0 Å². The summed E-state index contributed by atoms with van der Waals surface area (Å²) in [5.41, 5.74) is -0.268. The first-order valence-electron chi connectivity index (χ1n) is 1.83. The van der Waals surface area contributed by atoms with Crippen molar-refractivity contribution >= 4 is 34.2 Å². The lowest BCUT2D eigenvalue weighted by Crippen LogP contribution is -1.97. The minimum Gasteiger partial charge on any atom is -0.291 e. The summed E-state index contributed by atoms with van der Waals surface area (Å²) in [6.45, 7) is 0. The van der Waals surface area contributed by atoms with Crippen molar-refractivity contribution in [2.45, 2.75) is 0 Å². The van der Waals surface area contributed by atoms with E-state index in [9.17, 15) is 4.79 Å². The highest BCUT2D eigenvalue weighted by Crippen LogP contribution is 2.07. The lowest BCUT2D eigenvalue weighted by Gasteiger charge is -1.73. The summed E-state index contributed by atoms with van der Waals surface area (Å²) in [5, 5.41) is 5.10. The molecule has 1 aromatic rings. The summed E-state index contributed by atoms with van der Waals surface area (Å²) in [7, 11) is 0. The van der Waals surface area contributed by atoms with Crippen molar-refractivity contribution in [2.75, 3.05) is 0 Å². The zero-order valence-corrected chi connectivity index (χ0v) is 6.58. The molecule has 0 aliphatic rings. The fraction of sp³-hybridized carbons (Fsp3) is 0. The maximum atomic E-state index is 10.4. The van der Waals surface area contributed by atoms with Gasteiger partial charge >= 0.3 is 0 Å². The maximum absolute atomic E-state index is 10.4. The second kappa shape index (κ2) is 2.10. The molecule has 0 aromatic carbocycles. The zero-order chi connectivity index (χ0) is 6.15. The summed E-state index contributed by atoms with van der Waals surface area (Å²) in [6.07, 6.45) is 0. The van der Waals surface area contributed by atoms with E-state index in [0.717, 1.165) is 0 Å². The third-order valence-corrected chi connectivity index (χ3v) is 2.17. The molecule has 0 amide bonds. The van der Waals surface area contributed by atoms with E-state index in [0.29, 0.717) is 3.70 Å². The molecule has 0 unspecified atom stereocenters. The van der Waals surface area contributed by atoms with Crippen LogP contribution >= 0.6 is 34.2 Å². The van der Waals surface area contributed by atoms with Crippen molar-refractivity contribution in [1.29, 1.82) is 0 Å². The Hall–Kier alpha value is 0.0300. The zero-order valence-electron chi connectivity index (χ0n) is 3.66. The Balaban J connectivity index is 3.41. The molecular weight excluding hydrogens is 242 g/mol. The van der Waals surface area contributed by atoms with E-state index in [4.69, 9.17) is 11.6 Å². The molecule has 0 fully saturated rings. The van der Waals surface area contributed by atoms with Crippen LogP contribution in [0.15, 0.2) is 4.79 Å². The van der Waals surface area contributed by atoms with Gasteiger partial charge in [0.05, 0.1) is 0 Å². The van der Waals surface area contributed by atoms with Crippen molar-refractivity contribution in [2.24, 2.45) is 0 Å². The van der Waals surface area contributed by atoms with Gasteiger partial charge in [-0.05, 0) is 22.6 Å². The molecule has 1 aromatic heterocycles. The molecule has 0 radical (unpaired) electrons. The highest BCUT2D eigenvalue weighted by molar-refractivity contribution is 14.1. The summed E-state index contributed by atoms with van der Waals surface area (Å²) in [5.74, 6) is 0. The fourth-order valence-electron chi connectivity index (χ4n) is 0.321. The molecule has 0 aliphatic carbocycles. The van der Waals surface area contributed by atoms with Crippen LogP contribution in [0.25, 0.3) is 0 Å². The van der Waals surface area contributed by atoms with Gasteiger partial charge in [-0.1, -0.05) is 11.6 Å². The molecule has 0 saturated heterocycles. The standard InChI is InChI=1S/C3H2ClIN2O/c4-1-2(5)6-7-3(1)8/h(H2,6,7,8). The molecule has 44 valence electrons. The largest absolute Gasteiger partial charge is 0.291 e. The predicted molar refractivity (Wildman–Crippen MR) is 39.1 cm³/mol. The molecule has 0 aliphatic heterocycles. The topological polar surface area (TPSA) is 48.6 Å². The van der Waals surface area contributed by atoms with Crippen LogP contribution in [0.5, 0.6) is 0 Å². The lowest BCUT2D eigenvalue weighted by molar-refractivity contribution is 1.04. The lowest BCUT2D eigenvalue weighted by atomic mass is 10.7. The molecule has 0 atom stereocenters. The Morgan fingerprint density at radius 1 is 1.50 bits per heavy atom. The van der Waals surface area contributed by atoms with Gasteiger partial charge < -0.3 is 0 Å². The van der Waals surface area contributed by atoms with Gasteiger partial charge in [-0.15, -0.1) is 0 Å². The average Bonchev–Trinajstić information content (AvgIpc) is 1.98. The first-order chi connectivity index (χ1) is 3.72. The number of aromatic nitrogens is 2. The van der Waals surface area contributed by atoms with Gasteiger partial charge in [-0.25, -0.2) is 0 Å². The molecule has 5 heteroatoms. The Morgan fingerprint density at radius 2 is 2.12 bits per heavy atom. The molecule has 8 heavy (non-hydrogen) atoms. The van der Waals surface area contributed by atoms with Gasteiger partial charge in [0.2, 0.25) is 0 Å². The Bertz CT molecular complexity index is 240. The van der Waals surface area contributed by atoms with Gasteiger partial charge in [0.25, 0.3) is 5.56 Å². The van der Waals surface area contributed by atoms with Crippen molar-refractivity contribution in [3.63, 3.8) is 0 Å². The molecule has 1 heterocycles. The predicted octanol–water partition coefficient (Wildman–Crippen LogP) is 0.961. The maximum Gasteiger partial charge on any atom is 0.283 e. The molecule has 0 bridgehead atoms. The number of halogens is 2. The minimum absolute atomic E-state index is 0.227. The van der Waals surface area contributed by atoms with Crippen LogP contribution in [0.3, 0.4) is 0 Å². The summed E-state index contributed by atoms with van der Waals surface area (Å²) >= 11 is 7.34. The second-order valence-electron chi connectivity index (χ2n) is 1.21. The average molecular weight is 244 g/mol. The van der Waals surface area contributed by atoms with E-state index in [-0.39, 0.29) is 10.6 Å². The van der Waals surface area contributed by atoms with Crippen LogP contribution in [0.2, 0.25) is 5.02 Å². The Kier molecular flexibility index (Phi) is 1.62. The third-order valence-electron chi connectivity index (χ3n) is 0.678. The molecule has 2 N–H and O–H groups in total. The molecule has 3 nitrogen and oxygen atoms in total.